The largest absolute Gasteiger partial charge is 0.462 e. The SMILES string of the molecule is CCCCCCCCCCCCC(=O)OC[C@H](COC(=O)CCCCCCCCCCC)OC(=O)CCCCCCCCCCCCCCCC(C)C. The molecule has 0 amide bonds. The summed E-state index contributed by atoms with van der Waals surface area (Å²) in [6.07, 6.45) is 40.9. The minimum Gasteiger partial charge on any atom is -0.462 e. The van der Waals surface area contributed by atoms with Gasteiger partial charge in [-0.25, -0.2) is 0 Å². The zero-order chi connectivity index (χ0) is 38.9. The molecule has 314 valence electrons. The van der Waals surface area contributed by atoms with Gasteiger partial charge in [-0.2, -0.15) is 0 Å². The molecule has 0 saturated carbocycles. The highest BCUT2D eigenvalue weighted by Crippen LogP contribution is 2.16. The Morgan fingerprint density at radius 1 is 0.358 bits per heavy atom. The summed E-state index contributed by atoms with van der Waals surface area (Å²) in [6.45, 7) is 8.98. The van der Waals surface area contributed by atoms with Gasteiger partial charge in [-0.05, 0) is 25.2 Å². The molecule has 0 aromatic heterocycles. The monoisotopic (exact) mass is 751 g/mol. The zero-order valence-electron chi connectivity index (χ0n) is 36.0. The molecule has 0 saturated heterocycles. The van der Waals surface area contributed by atoms with Crippen LogP contribution in [0.2, 0.25) is 0 Å². The summed E-state index contributed by atoms with van der Waals surface area (Å²) in [6, 6.07) is 0. The molecule has 0 radical (unpaired) electrons. The Labute approximate surface area is 329 Å². The third-order valence-corrected chi connectivity index (χ3v) is 10.5. The predicted octanol–water partition coefficient (Wildman–Crippen LogP) is 14.7. The van der Waals surface area contributed by atoms with Crippen LogP contribution >= 0.6 is 0 Å². The fraction of sp³-hybridized carbons (Fsp3) is 0.936. The number of carbonyl (C=O) groups is 3. The van der Waals surface area contributed by atoms with Crippen LogP contribution in [0.4, 0.5) is 0 Å². The Balaban J connectivity index is 4.28. The van der Waals surface area contributed by atoms with Crippen LogP contribution in [0.5, 0.6) is 0 Å². The summed E-state index contributed by atoms with van der Waals surface area (Å²) >= 11 is 0. The summed E-state index contributed by atoms with van der Waals surface area (Å²) in [5.41, 5.74) is 0. The van der Waals surface area contributed by atoms with Crippen LogP contribution in [0, 0.1) is 5.92 Å². The van der Waals surface area contributed by atoms with E-state index in [1.165, 1.54) is 154 Å². The van der Waals surface area contributed by atoms with Crippen molar-refractivity contribution in [3.63, 3.8) is 0 Å². The van der Waals surface area contributed by atoms with E-state index in [4.69, 9.17) is 14.2 Å². The van der Waals surface area contributed by atoms with Crippen molar-refractivity contribution >= 4 is 17.9 Å². The molecule has 0 aromatic rings. The van der Waals surface area contributed by atoms with E-state index in [-0.39, 0.29) is 31.1 Å². The highest BCUT2D eigenvalue weighted by atomic mass is 16.6. The normalized spacial score (nSPS) is 11.9. The van der Waals surface area contributed by atoms with Crippen LogP contribution in [0.15, 0.2) is 0 Å². The van der Waals surface area contributed by atoms with Crippen LogP contribution in [0.3, 0.4) is 0 Å². The van der Waals surface area contributed by atoms with E-state index in [1.807, 2.05) is 0 Å². The maximum atomic E-state index is 12.7. The van der Waals surface area contributed by atoms with Crippen LogP contribution in [-0.4, -0.2) is 37.2 Å². The lowest BCUT2D eigenvalue weighted by Gasteiger charge is -2.18. The first-order valence-electron chi connectivity index (χ1n) is 23.4. The van der Waals surface area contributed by atoms with Gasteiger partial charge in [-0.1, -0.05) is 220 Å². The molecule has 0 bridgehead atoms. The van der Waals surface area contributed by atoms with Gasteiger partial charge in [0.25, 0.3) is 0 Å². The fourth-order valence-corrected chi connectivity index (χ4v) is 6.98. The van der Waals surface area contributed by atoms with E-state index < -0.39 is 6.10 Å². The van der Waals surface area contributed by atoms with Gasteiger partial charge in [0.05, 0.1) is 0 Å². The maximum Gasteiger partial charge on any atom is 0.306 e. The molecule has 6 nitrogen and oxygen atoms in total. The quantitative estimate of drug-likeness (QED) is 0.0351. The van der Waals surface area contributed by atoms with Crippen LogP contribution in [0.1, 0.15) is 259 Å². The Morgan fingerprint density at radius 3 is 0.925 bits per heavy atom. The average Bonchev–Trinajstić information content (AvgIpc) is 3.14. The van der Waals surface area contributed by atoms with Crippen LogP contribution in [0.25, 0.3) is 0 Å². The van der Waals surface area contributed by atoms with Crippen molar-refractivity contribution in [2.45, 2.75) is 265 Å². The van der Waals surface area contributed by atoms with E-state index in [0.717, 1.165) is 63.7 Å². The van der Waals surface area contributed by atoms with Crippen molar-refractivity contribution in [2.24, 2.45) is 5.92 Å². The van der Waals surface area contributed by atoms with Crippen molar-refractivity contribution in [1.82, 2.24) is 0 Å². The van der Waals surface area contributed by atoms with E-state index in [9.17, 15) is 14.4 Å². The van der Waals surface area contributed by atoms with Gasteiger partial charge in [0, 0.05) is 19.3 Å². The highest BCUT2D eigenvalue weighted by molar-refractivity contribution is 5.71. The van der Waals surface area contributed by atoms with E-state index in [2.05, 4.69) is 27.7 Å². The van der Waals surface area contributed by atoms with Gasteiger partial charge in [-0.3, -0.25) is 14.4 Å². The molecule has 0 fully saturated rings. The summed E-state index contributed by atoms with van der Waals surface area (Å²) in [7, 11) is 0. The molecular weight excluding hydrogens is 661 g/mol. The van der Waals surface area contributed by atoms with Gasteiger partial charge in [-0.15, -0.1) is 0 Å². The number of carbonyl (C=O) groups excluding carboxylic acids is 3. The summed E-state index contributed by atoms with van der Waals surface area (Å²) < 4.78 is 16.7. The molecule has 0 aliphatic carbocycles. The van der Waals surface area contributed by atoms with Crippen molar-refractivity contribution in [3.05, 3.63) is 0 Å². The first-order valence-corrected chi connectivity index (χ1v) is 23.4. The number of rotatable bonds is 42. The summed E-state index contributed by atoms with van der Waals surface area (Å²) in [5.74, 6) is -0.0172. The molecule has 0 aliphatic heterocycles. The van der Waals surface area contributed by atoms with Crippen molar-refractivity contribution in [1.29, 1.82) is 0 Å². The molecule has 6 heteroatoms. The fourth-order valence-electron chi connectivity index (χ4n) is 6.98. The van der Waals surface area contributed by atoms with Gasteiger partial charge in [0.15, 0.2) is 6.10 Å². The van der Waals surface area contributed by atoms with Crippen molar-refractivity contribution in [2.75, 3.05) is 13.2 Å². The maximum absolute atomic E-state index is 12.7. The number of hydrogen-bond acceptors (Lipinski definition) is 6. The molecule has 0 unspecified atom stereocenters. The molecule has 1 atom stereocenters. The smallest absolute Gasteiger partial charge is 0.306 e. The summed E-state index contributed by atoms with van der Waals surface area (Å²) in [4.78, 5) is 37.7. The number of esters is 3. The van der Waals surface area contributed by atoms with E-state index in [1.54, 1.807) is 0 Å². The minimum atomic E-state index is -0.758. The summed E-state index contributed by atoms with van der Waals surface area (Å²) in [5, 5.41) is 0. The Kier molecular flexibility index (Phi) is 40.3. The number of ether oxygens (including phenoxy) is 3. The highest BCUT2D eigenvalue weighted by Gasteiger charge is 2.19. The second kappa shape index (κ2) is 41.6. The molecule has 0 spiro atoms. The molecule has 0 N–H and O–H groups in total. The minimum absolute atomic E-state index is 0.0637. The standard InChI is InChI=1S/C47H90O6/c1-5-7-9-11-13-15-23-27-31-35-39-46(49)52-42-44(41-51-45(48)38-34-30-26-21-14-12-10-8-6-2)53-47(50)40-36-32-28-24-20-18-16-17-19-22-25-29-33-37-43(3)4/h43-44H,5-42H2,1-4H3/t44-/m0/s1. The van der Waals surface area contributed by atoms with Gasteiger partial charge in [0.2, 0.25) is 0 Å². The van der Waals surface area contributed by atoms with Gasteiger partial charge in [0.1, 0.15) is 13.2 Å². The number of hydrogen-bond donors (Lipinski definition) is 0. The lowest BCUT2D eigenvalue weighted by Crippen LogP contribution is -2.30. The van der Waals surface area contributed by atoms with Crippen LogP contribution in [-0.2, 0) is 28.6 Å². The first kappa shape index (κ1) is 51.4. The van der Waals surface area contributed by atoms with Gasteiger partial charge >= 0.3 is 17.9 Å². The molecule has 0 heterocycles. The van der Waals surface area contributed by atoms with E-state index >= 15 is 0 Å². The Morgan fingerprint density at radius 2 is 0.623 bits per heavy atom. The molecule has 0 aromatic carbocycles. The lowest BCUT2D eigenvalue weighted by atomic mass is 10.0. The third-order valence-electron chi connectivity index (χ3n) is 10.5. The third kappa shape index (κ3) is 41.4. The van der Waals surface area contributed by atoms with Crippen molar-refractivity contribution in [3.8, 4) is 0 Å². The molecule has 53 heavy (non-hydrogen) atoms. The second-order valence-electron chi connectivity index (χ2n) is 16.5. The molecule has 0 rings (SSSR count). The predicted molar refractivity (Wildman–Crippen MR) is 224 cm³/mol. The second-order valence-corrected chi connectivity index (χ2v) is 16.5. The topological polar surface area (TPSA) is 78.9 Å². The zero-order valence-corrected chi connectivity index (χ0v) is 36.0. The molecular formula is C47H90O6. The van der Waals surface area contributed by atoms with Crippen molar-refractivity contribution < 1.29 is 28.6 Å². The molecule has 0 aliphatic rings. The first-order chi connectivity index (χ1) is 25.9. The Bertz CT molecular complexity index is 796. The lowest BCUT2D eigenvalue weighted by molar-refractivity contribution is -0.167. The Hall–Kier alpha value is -1.59. The van der Waals surface area contributed by atoms with E-state index in [0.29, 0.717) is 19.3 Å². The number of unbranched alkanes of at least 4 members (excludes halogenated alkanes) is 29. The van der Waals surface area contributed by atoms with Gasteiger partial charge < -0.3 is 14.2 Å². The van der Waals surface area contributed by atoms with Crippen LogP contribution < -0.4 is 0 Å². The average molecular weight is 751 g/mol.